The maximum Gasteiger partial charge on any atom is 0.201 e. The molecule has 2 atom stereocenters. The maximum absolute atomic E-state index is 6.22. The highest BCUT2D eigenvalue weighted by Gasteiger charge is 2.42. The van der Waals surface area contributed by atoms with E-state index in [4.69, 9.17) is 15.2 Å². The van der Waals surface area contributed by atoms with E-state index in [-0.39, 0.29) is 0 Å². The number of para-hydroxylation sites is 1. The summed E-state index contributed by atoms with van der Waals surface area (Å²) >= 11 is 0. The van der Waals surface area contributed by atoms with E-state index >= 15 is 0 Å². The Morgan fingerprint density at radius 3 is 3.00 bits per heavy atom. The fourth-order valence-corrected chi connectivity index (χ4v) is 3.48. The van der Waals surface area contributed by atoms with Crippen LogP contribution in [-0.4, -0.2) is 28.9 Å². The molecule has 2 unspecified atom stereocenters. The number of fused-ring (bicyclic) bond motifs is 1. The predicted octanol–water partition coefficient (Wildman–Crippen LogP) is 2.76. The number of ether oxygens (including phenoxy) is 2. The van der Waals surface area contributed by atoms with E-state index in [2.05, 4.69) is 15.6 Å². The van der Waals surface area contributed by atoms with Gasteiger partial charge in [-0.25, -0.2) is 4.98 Å². The van der Waals surface area contributed by atoms with E-state index in [1.807, 2.05) is 19.1 Å². The molecule has 2 fully saturated rings. The number of nitrogens with two attached hydrogens (primary N) is 1. The van der Waals surface area contributed by atoms with E-state index in [9.17, 15) is 0 Å². The van der Waals surface area contributed by atoms with Crippen LogP contribution in [0.25, 0.3) is 11.0 Å². The lowest BCUT2D eigenvalue weighted by Gasteiger charge is -2.21. The molecule has 2 heterocycles. The third kappa shape index (κ3) is 2.07. The van der Waals surface area contributed by atoms with Gasteiger partial charge in [0.25, 0.3) is 0 Å². The first-order valence-corrected chi connectivity index (χ1v) is 7.80. The molecular weight excluding hydrogens is 266 g/mol. The Hall–Kier alpha value is -1.75. The van der Waals surface area contributed by atoms with Gasteiger partial charge in [0, 0.05) is 6.61 Å². The molecule has 0 spiro atoms. The normalized spacial score (nSPS) is 25.6. The molecule has 1 saturated carbocycles. The number of hydrogen-bond donors (Lipinski definition) is 1. The Kier molecular flexibility index (Phi) is 3.03. The summed E-state index contributed by atoms with van der Waals surface area (Å²) in [5.74, 6) is 2.07. The second-order valence-corrected chi connectivity index (χ2v) is 5.93. The molecule has 1 saturated heterocycles. The standard InChI is InChI=1S/C16H21N3O2/c1-2-20-13-5-3-4-11-14(13)18-16(17)19(11)12-8-9-21-15(12)10-6-7-10/h3-5,10,12,15H,2,6-9H2,1H3,(H2,17,18). The average Bonchev–Trinajstić information content (AvgIpc) is 3.11. The van der Waals surface area contributed by atoms with Crippen LogP contribution in [0, 0.1) is 5.92 Å². The topological polar surface area (TPSA) is 62.3 Å². The summed E-state index contributed by atoms with van der Waals surface area (Å²) < 4.78 is 13.8. The van der Waals surface area contributed by atoms with Crippen molar-refractivity contribution in [3.8, 4) is 5.75 Å². The van der Waals surface area contributed by atoms with E-state index in [1.165, 1.54) is 12.8 Å². The molecule has 2 aromatic rings. The van der Waals surface area contributed by atoms with Crippen molar-refractivity contribution in [2.45, 2.75) is 38.3 Å². The molecule has 1 aliphatic heterocycles. The molecule has 5 nitrogen and oxygen atoms in total. The molecule has 1 aliphatic carbocycles. The van der Waals surface area contributed by atoms with Crippen LogP contribution in [0.2, 0.25) is 0 Å². The number of benzene rings is 1. The van der Waals surface area contributed by atoms with Crippen molar-refractivity contribution in [2.24, 2.45) is 5.92 Å². The van der Waals surface area contributed by atoms with Gasteiger partial charge in [0.05, 0.1) is 24.3 Å². The fourth-order valence-electron chi connectivity index (χ4n) is 3.48. The SMILES string of the molecule is CCOc1cccc2c1nc(N)n2C1CCOC1C1CC1. The van der Waals surface area contributed by atoms with Gasteiger partial charge in [-0.1, -0.05) is 6.07 Å². The first-order valence-electron chi connectivity index (χ1n) is 7.80. The van der Waals surface area contributed by atoms with Crippen molar-refractivity contribution in [1.29, 1.82) is 0 Å². The zero-order valence-electron chi connectivity index (χ0n) is 12.3. The number of anilines is 1. The van der Waals surface area contributed by atoms with Crippen LogP contribution in [0.1, 0.15) is 32.2 Å². The van der Waals surface area contributed by atoms with Crippen molar-refractivity contribution >= 4 is 17.0 Å². The maximum atomic E-state index is 6.22. The highest BCUT2D eigenvalue weighted by molar-refractivity contribution is 5.84. The lowest BCUT2D eigenvalue weighted by molar-refractivity contribution is 0.0762. The highest BCUT2D eigenvalue weighted by atomic mass is 16.5. The molecule has 112 valence electrons. The minimum atomic E-state index is 0.292. The molecule has 5 heteroatoms. The van der Waals surface area contributed by atoms with Gasteiger partial charge in [0.2, 0.25) is 5.95 Å². The van der Waals surface area contributed by atoms with Crippen molar-refractivity contribution in [3.63, 3.8) is 0 Å². The minimum Gasteiger partial charge on any atom is -0.492 e. The van der Waals surface area contributed by atoms with Crippen molar-refractivity contribution in [2.75, 3.05) is 18.9 Å². The molecule has 1 aromatic carbocycles. The average molecular weight is 287 g/mol. The van der Waals surface area contributed by atoms with Gasteiger partial charge < -0.3 is 19.8 Å². The molecule has 4 rings (SSSR count). The lowest BCUT2D eigenvalue weighted by Crippen LogP contribution is -2.23. The van der Waals surface area contributed by atoms with Crippen LogP contribution in [0.5, 0.6) is 5.75 Å². The second kappa shape index (κ2) is 4.91. The van der Waals surface area contributed by atoms with Crippen molar-refractivity contribution < 1.29 is 9.47 Å². The zero-order valence-corrected chi connectivity index (χ0v) is 12.3. The zero-order chi connectivity index (χ0) is 14.4. The number of imidazole rings is 1. The van der Waals surface area contributed by atoms with Gasteiger partial charge in [-0.05, 0) is 44.2 Å². The summed E-state index contributed by atoms with van der Waals surface area (Å²) in [5.41, 5.74) is 8.14. The molecule has 0 radical (unpaired) electrons. The highest BCUT2D eigenvalue weighted by Crippen LogP contribution is 2.45. The van der Waals surface area contributed by atoms with Crippen LogP contribution in [0.15, 0.2) is 18.2 Å². The van der Waals surface area contributed by atoms with Gasteiger partial charge >= 0.3 is 0 Å². The number of aromatic nitrogens is 2. The van der Waals surface area contributed by atoms with Crippen LogP contribution >= 0.6 is 0 Å². The van der Waals surface area contributed by atoms with Crippen molar-refractivity contribution in [3.05, 3.63) is 18.2 Å². The third-order valence-corrected chi connectivity index (χ3v) is 4.53. The van der Waals surface area contributed by atoms with Crippen LogP contribution in [0.4, 0.5) is 5.95 Å². The first-order chi connectivity index (χ1) is 10.3. The Morgan fingerprint density at radius 2 is 2.24 bits per heavy atom. The fraction of sp³-hybridized carbons (Fsp3) is 0.562. The minimum absolute atomic E-state index is 0.292. The van der Waals surface area contributed by atoms with E-state index in [1.54, 1.807) is 0 Å². The Morgan fingerprint density at radius 1 is 1.38 bits per heavy atom. The van der Waals surface area contributed by atoms with Crippen LogP contribution < -0.4 is 10.5 Å². The Balaban J connectivity index is 1.81. The van der Waals surface area contributed by atoms with Gasteiger partial charge in [0.15, 0.2) is 0 Å². The second-order valence-electron chi connectivity index (χ2n) is 5.93. The van der Waals surface area contributed by atoms with Gasteiger partial charge in [-0.15, -0.1) is 0 Å². The van der Waals surface area contributed by atoms with Gasteiger partial charge in [-0.2, -0.15) is 0 Å². The number of nitrogen functional groups attached to an aromatic ring is 1. The lowest BCUT2D eigenvalue weighted by atomic mass is 10.1. The molecule has 2 N–H and O–H groups in total. The largest absolute Gasteiger partial charge is 0.492 e. The summed E-state index contributed by atoms with van der Waals surface area (Å²) in [6, 6.07) is 6.34. The number of rotatable bonds is 4. The Bertz CT molecular complexity index is 663. The monoisotopic (exact) mass is 287 g/mol. The Labute approximate surface area is 124 Å². The summed E-state index contributed by atoms with van der Waals surface area (Å²) in [5, 5.41) is 0. The van der Waals surface area contributed by atoms with Crippen molar-refractivity contribution in [1.82, 2.24) is 9.55 Å². The third-order valence-electron chi connectivity index (χ3n) is 4.53. The van der Waals surface area contributed by atoms with Crippen LogP contribution in [-0.2, 0) is 4.74 Å². The van der Waals surface area contributed by atoms with Gasteiger partial charge in [0.1, 0.15) is 11.3 Å². The smallest absolute Gasteiger partial charge is 0.201 e. The molecule has 1 aromatic heterocycles. The molecule has 21 heavy (non-hydrogen) atoms. The first kappa shape index (κ1) is 13.0. The van der Waals surface area contributed by atoms with E-state index in [0.717, 1.165) is 29.8 Å². The number of hydrogen-bond acceptors (Lipinski definition) is 4. The molecule has 0 bridgehead atoms. The quantitative estimate of drug-likeness (QED) is 0.939. The van der Waals surface area contributed by atoms with Gasteiger partial charge in [-0.3, -0.25) is 0 Å². The predicted molar refractivity (Wildman–Crippen MR) is 81.4 cm³/mol. The van der Waals surface area contributed by atoms with Crippen LogP contribution in [0.3, 0.4) is 0 Å². The summed E-state index contributed by atoms with van der Waals surface area (Å²) in [4.78, 5) is 4.55. The van der Waals surface area contributed by atoms with E-state index < -0.39 is 0 Å². The molecular formula is C16H21N3O2. The summed E-state index contributed by atoms with van der Waals surface area (Å²) in [7, 11) is 0. The summed E-state index contributed by atoms with van der Waals surface area (Å²) in [6.07, 6.45) is 3.85. The molecule has 2 aliphatic rings. The number of nitrogens with zero attached hydrogens (tertiary/aromatic N) is 2. The summed E-state index contributed by atoms with van der Waals surface area (Å²) in [6.45, 7) is 3.42. The molecule has 0 amide bonds. The van der Waals surface area contributed by atoms with E-state index in [0.29, 0.717) is 30.6 Å².